The maximum absolute atomic E-state index is 12.3. The highest BCUT2D eigenvalue weighted by atomic mass is 16.5. The first-order valence-electron chi connectivity index (χ1n) is 8.15. The molecule has 0 saturated heterocycles. The Hall–Kier alpha value is -2.18. The van der Waals surface area contributed by atoms with Crippen molar-refractivity contribution in [2.75, 3.05) is 7.11 Å². The number of carbonyl (C=O) groups excluding carboxylic acids is 1. The quantitative estimate of drug-likeness (QED) is 0.877. The first-order valence-corrected chi connectivity index (χ1v) is 8.15. The Kier molecular flexibility index (Phi) is 5.27. The molecule has 2 aromatic rings. The molecule has 0 spiro atoms. The number of carbonyl (C=O) groups is 1. The maximum atomic E-state index is 12.3. The molecule has 1 aliphatic carbocycles. The first kappa shape index (κ1) is 16.7. The molecule has 3 atom stereocenters. The van der Waals surface area contributed by atoms with E-state index in [1.807, 2.05) is 30.3 Å². The van der Waals surface area contributed by atoms with E-state index in [2.05, 4.69) is 10.3 Å². The molecule has 1 aliphatic rings. The van der Waals surface area contributed by atoms with Crippen LogP contribution in [0, 0.1) is 5.92 Å². The second kappa shape index (κ2) is 7.59. The van der Waals surface area contributed by atoms with Crippen LogP contribution >= 0.6 is 0 Å². The smallest absolute Gasteiger partial charge is 0.226 e. The fourth-order valence-corrected chi connectivity index (χ4v) is 3.03. The molecular weight excluding hydrogens is 308 g/mol. The second-order valence-corrected chi connectivity index (χ2v) is 6.08. The molecule has 6 heteroatoms. The minimum absolute atomic E-state index is 0.0341. The number of hydrogen-bond donors (Lipinski definition) is 2. The van der Waals surface area contributed by atoms with Crippen molar-refractivity contribution in [1.29, 1.82) is 0 Å². The van der Waals surface area contributed by atoms with Gasteiger partial charge >= 0.3 is 0 Å². The topological polar surface area (TPSA) is 84.6 Å². The molecule has 24 heavy (non-hydrogen) atoms. The third-order valence-corrected chi connectivity index (χ3v) is 4.45. The Balaban J connectivity index is 1.54. The van der Waals surface area contributed by atoms with Crippen molar-refractivity contribution in [3.63, 3.8) is 0 Å². The molecule has 0 bridgehead atoms. The third kappa shape index (κ3) is 3.83. The van der Waals surface area contributed by atoms with E-state index in [9.17, 15) is 9.90 Å². The lowest BCUT2D eigenvalue weighted by molar-refractivity contribution is -0.130. The van der Waals surface area contributed by atoms with Crippen LogP contribution < -0.4 is 5.32 Å². The normalized spacial score (nSPS) is 23.8. The van der Waals surface area contributed by atoms with Crippen molar-refractivity contribution < 1.29 is 19.1 Å². The first-order chi connectivity index (χ1) is 11.7. The van der Waals surface area contributed by atoms with Crippen LogP contribution in [0.2, 0.25) is 0 Å². The zero-order chi connectivity index (χ0) is 16.9. The molecule has 3 rings (SSSR count). The average molecular weight is 330 g/mol. The Morgan fingerprint density at radius 1 is 1.38 bits per heavy atom. The van der Waals surface area contributed by atoms with Gasteiger partial charge in [-0.05, 0) is 31.4 Å². The molecule has 1 amide bonds. The Bertz CT molecular complexity index is 671. The lowest BCUT2D eigenvalue weighted by atomic mass is 9.84. The van der Waals surface area contributed by atoms with Gasteiger partial charge in [-0.3, -0.25) is 4.79 Å². The molecule has 1 heterocycles. The number of hydrogen-bond acceptors (Lipinski definition) is 5. The van der Waals surface area contributed by atoms with Crippen LogP contribution in [-0.2, 0) is 16.1 Å². The van der Waals surface area contributed by atoms with Crippen LogP contribution in [0.25, 0.3) is 11.5 Å². The van der Waals surface area contributed by atoms with Gasteiger partial charge in [0, 0.05) is 18.6 Å². The number of aliphatic hydroxyl groups is 1. The van der Waals surface area contributed by atoms with Crippen molar-refractivity contribution in [1.82, 2.24) is 10.3 Å². The van der Waals surface area contributed by atoms with Gasteiger partial charge in [0.2, 0.25) is 11.8 Å². The minimum atomic E-state index is -0.483. The summed E-state index contributed by atoms with van der Waals surface area (Å²) in [6.07, 6.45) is 2.59. The predicted molar refractivity (Wildman–Crippen MR) is 87.9 cm³/mol. The number of nitrogens with zero attached hydrogens (tertiary/aromatic N) is 1. The summed E-state index contributed by atoms with van der Waals surface area (Å²) in [6, 6.07) is 9.62. The minimum Gasteiger partial charge on any atom is -0.444 e. The summed E-state index contributed by atoms with van der Waals surface area (Å²) < 4.78 is 10.7. The van der Waals surface area contributed by atoms with E-state index in [0.29, 0.717) is 37.4 Å². The third-order valence-electron chi connectivity index (χ3n) is 4.45. The summed E-state index contributed by atoms with van der Waals surface area (Å²) in [5.41, 5.74) is 1.58. The number of rotatable bonds is 5. The molecule has 0 aliphatic heterocycles. The highest BCUT2D eigenvalue weighted by Gasteiger charge is 2.32. The molecule has 1 fully saturated rings. The van der Waals surface area contributed by atoms with Crippen molar-refractivity contribution in [2.24, 2.45) is 5.92 Å². The lowest BCUT2D eigenvalue weighted by Crippen LogP contribution is -2.41. The molecule has 1 aromatic heterocycles. The summed E-state index contributed by atoms with van der Waals surface area (Å²) >= 11 is 0. The van der Waals surface area contributed by atoms with Gasteiger partial charge in [0.1, 0.15) is 6.26 Å². The maximum Gasteiger partial charge on any atom is 0.226 e. The largest absolute Gasteiger partial charge is 0.444 e. The van der Waals surface area contributed by atoms with Crippen molar-refractivity contribution in [2.45, 2.75) is 38.0 Å². The highest BCUT2D eigenvalue weighted by Crippen LogP contribution is 2.26. The predicted octanol–water partition coefficient (Wildman–Crippen LogP) is 2.13. The monoisotopic (exact) mass is 330 g/mol. The summed E-state index contributed by atoms with van der Waals surface area (Å²) in [6.45, 7) is 0.325. The number of nitrogens with one attached hydrogen (secondary N) is 1. The van der Waals surface area contributed by atoms with E-state index in [-0.39, 0.29) is 17.9 Å². The van der Waals surface area contributed by atoms with Crippen LogP contribution in [0.3, 0.4) is 0 Å². The highest BCUT2D eigenvalue weighted by molar-refractivity contribution is 5.78. The van der Waals surface area contributed by atoms with E-state index < -0.39 is 6.10 Å². The molecule has 1 saturated carbocycles. The Morgan fingerprint density at radius 2 is 2.17 bits per heavy atom. The summed E-state index contributed by atoms with van der Waals surface area (Å²) in [5, 5.41) is 12.7. The van der Waals surface area contributed by atoms with Crippen molar-refractivity contribution in [3.8, 4) is 11.5 Å². The summed E-state index contributed by atoms with van der Waals surface area (Å²) in [5.74, 6) is 0.368. The Morgan fingerprint density at radius 3 is 2.92 bits per heavy atom. The van der Waals surface area contributed by atoms with Crippen molar-refractivity contribution in [3.05, 3.63) is 42.3 Å². The van der Waals surface area contributed by atoms with E-state index in [1.54, 1.807) is 13.4 Å². The van der Waals surface area contributed by atoms with Gasteiger partial charge in [-0.2, -0.15) is 0 Å². The fourth-order valence-electron chi connectivity index (χ4n) is 3.03. The summed E-state index contributed by atoms with van der Waals surface area (Å²) in [7, 11) is 1.56. The van der Waals surface area contributed by atoms with Crippen molar-refractivity contribution >= 4 is 5.91 Å². The molecular formula is C18H22N2O4. The number of aliphatic hydroxyl groups excluding tert-OH is 1. The van der Waals surface area contributed by atoms with Gasteiger partial charge in [-0.15, -0.1) is 0 Å². The van der Waals surface area contributed by atoms with Gasteiger partial charge < -0.3 is 19.6 Å². The molecule has 1 aromatic carbocycles. The zero-order valence-corrected chi connectivity index (χ0v) is 13.6. The van der Waals surface area contributed by atoms with E-state index in [4.69, 9.17) is 9.15 Å². The Labute approximate surface area is 140 Å². The number of methoxy groups -OCH3 is 1. The van der Waals surface area contributed by atoms with Gasteiger partial charge in [-0.25, -0.2) is 4.98 Å². The SMILES string of the molecule is CO[C@@H]1C[C@H](C(=O)NCc2coc(-c3ccccc3)n2)CC[C@@H]1O. The van der Waals surface area contributed by atoms with Crippen LogP contribution in [0.1, 0.15) is 25.0 Å². The number of amides is 1. The zero-order valence-electron chi connectivity index (χ0n) is 13.6. The van der Waals surface area contributed by atoms with E-state index in [1.165, 1.54) is 0 Å². The van der Waals surface area contributed by atoms with E-state index >= 15 is 0 Å². The molecule has 0 radical (unpaired) electrons. The van der Waals surface area contributed by atoms with Crippen LogP contribution in [0.5, 0.6) is 0 Å². The second-order valence-electron chi connectivity index (χ2n) is 6.08. The number of benzene rings is 1. The lowest BCUT2D eigenvalue weighted by Gasteiger charge is -2.31. The van der Waals surface area contributed by atoms with E-state index in [0.717, 1.165) is 5.56 Å². The van der Waals surface area contributed by atoms with Gasteiger partial charge in [0.15, 0.2) is 0 Å². The fraction of sp³-hybridized carbons (Fsp3) is 0.444. The molecule has 0 unspecified atom stereocenters. The van der Waals surface area contributed by atoms with Crippen LogP contribution in [-0.4, -0.2) is 35.3 Å². The van der Waals surface area contributed by atoms with Crippen LogP contribution in [0.4, 0.5) is 0 Å². The van der Waals surface area contributed by atoms with Gasteiger partial charge in [-0.1, -0.05) is 18.2 Å². The molecule has 6 nitrogen and oxygen atoms in total. The number of aromatic nitrogens is 1. The molecule has 128 valence electrons. The van der Waals surface area contributed by atoms with Gasteiger partial charge in [0.25, 0.3) is 0 Å². The number of oxazole rings is 1. The average Bonchev–Trinajstić information content (AvgIpc) is 3.10. The standard InChI is InChI=1S/C18H22N2O4/c1-23-16-9-13(7-8-15(16)21)17(22)19-10-14-11-24-18(20-14)12-5-3-2-4-6-12/h2-6,11,13,15-16,21H,7-10H2,1H3,(H,19,22)/t13-,15+,16-/m1/s1. The van der Waals surface area contributed by atoms with Gasteiger partial charge in [0.05, 0.1) is 24.4 Å². The molecule has 2 N–H and O–H groups in total. The number of ether oxygens (including phenoxy) is 1. The summed E-state index contributed by atoms with van der Waals surface area (Å²) in [4.78, 5) is 16.7. The van der Waals surface area contributed by atoms with Crippen LogP contribution in [0.15, 0.2) is 41.0 Å².